The molecule has 0 aromatic heterocycles. The minimum Gasteiger partial charge on any atom is -0.330 e. The van der Waals surface area contributed by atoms with E-state index in [1.807, 2.05) is 12.1 Å². The first-order valence-corrected chi connectivity index (χ1v) is 6.45. The minimum atomic E-state index is -0.159. The van der Waals surface area contributed by atoms with E-state index in [1.54, 1.807) is 0 Å². The third-order valence-electron chi connectivity index (χ3n) is 3.50. The summed E-state index contributed by atoms with van der Waals surface area (Å²) in [5.41, 5.74) is 6.81. The van der Waals surface area contributed by atoms with Crippen LogP contribution in [0.2, 0.25) is 0 Å². The molecule has 0 bridgehead atoms. The van der Waals surface area contributed by atoms with E-state index in [0.717, 1.165) is 38.5 Å². The zero-order valence-electron chi connectivity index (χ0n) is 10.6. The van der Waals surface area contributed by atoms with E-state index >= 15 is 0 Å². The van der Waals surface area contributed by atoms with Crippen LogP contribution in [-0.4, -0.2) is 24.5 Å². The highest BCUT2D eigenvalue weighted by Crippen LogP contribution is 2.20. The van der Waals surface area contributed by atoms with Gasteiger partial charge in [-0.2, -0.15) is 0 Å². The van der Waals surface area contributed by atoms with Crippen molar-refractivity contribution in [1.82, 2.24) is 4.90 Å². The molecule has 2 nitrogen and oxygen atoms in total. The monoisotopic (exact) mass is 272 g/mol. The molecule has 1 atom stereocenters. The van der Waals surface area contributed by atoms with Gasteiger partial charge in [0, 0.05) is 13.1 Å². The molecular formula is C14H22ClFN2. The molecule has 0 saturated carbocycles. The zero-order valence-corrected chi connectivity index (χ0v) is 11.5. The number of rotatable bonds is 4. The lowest BCUT2D eigenvalue weighted by atomic mass is 9.94. The Morgan fingerprint density at radius 3 is 2.67 bits per heavy atom. The molecule has 1 saturated heterocycles. The fraction of sp³-hybridized carbons (Fsp3) is 0.571. The van der Waals surface area contributed by atoms with Gasteiger partial charge in [-0.3, -0.25) is 4.90 Å². The highest BCUT2D eigenvalue weighted by Gasteiger charge is 2.19. The smallest absolute Gasteiger partial charge is 0.123 e. The Balaban J connectivity index is 0.00000162. The SMILES string of the molecule is Cl.NCCC1CCCN(Cc2ccc(F)cc2)C1. The Morgan fingerprint density at radius 1 is 1.28 bits per heavy atom. The van der Waals surface area contributed by atoms with Crippen molar-refractivity contribution in [2.45, 2.75) is 25.8 Å². The maximum Gasteiger partial charge on any atom is 0.123 e. The van der Waals surface area contributed by atoms with Gasteiger partial charge in [-0.15, -0.1) is 12.4 Å². The summed E-state index contributed by atoms with van der Waals surface area (Å²) >= 11 is 0. The number of nitrogens with two attached hydrogens (primary N) is 1. The second-order valence-corrected chi connectivity index (χ2v) is 4.95. The molecule has 0 spiro atoms. The lowest BCUT2D eigenvalue weighted by molar-refractivity contribution is 0.163. The van der Waals surface area contributed by atoms with E-state index in [-0.39, 0.29) is 18.2 Å². The minimum absolute atomic E-state index is 0. The molecule has 0 radical (unpaired) electrons. The average Bonchev–Trinajstić information content (AvgIpc) is 2.33. The molecule has 1 aromatic rings. The van der Waals surface area contributed by atoms with Crippen molar-refractivity contribution >= 4 is 12.4 Å². The number of hydrogen-bond donors (Lipinski definition) is 1. The Labute approximate surface area is 115 Å². The first-order chi connectivity index (χ1) is 8.28. The third-order valence-corrected chi connectivity index (χ3v) is 3.50. The zero-order chi connectivity index (χ0) is 12.1. The molecule has 18 heavy (non-hydrogen) atoms. The van der Waals surface area contributed by atoms with Gasteiger partial charge < -0.3 is 5.73 Å². The van der Waals surface area contributed by atoms with Crippen LogP contribution in [0.4, 0.5) is 4.39 Å². The summed E-state index contributed by atoms with van der Waals surface area (Å²) < 4.78 is 12.8. The molecular weight excluding hydrogens is 251 g/mol. The number of nitrogens with zero attached hydrogens (tertiary/aromatic N) is 1. The molecule has 1 heterocycles. The topological polar surface area (TPSA) is 29.3 Å². The molecule has 1 fully saturated rings. The van der Waals surface area contributed by atoms with E-state index in [2.05, 4.69) is 4.90 Å². The third kappa shape index (κ3) is 4.56. The van der Waals surface area contributed by atoms with Gasteiger partial charge >= 0.3 is 0 Å². The summed E-state index contributed by atoms with van der Waals surface area (Å²) in [6.45, 7) is 4.00. The second-order valence-electron chi connectivity index (χ2n) is 4.95. The maximum atomic E-state index is 12.8. The Bertz CT molecular complexity index is 340. The molecule has 1 aromatic carbocycles. The first kappa shape index (κ1) is 15.4. The summed E-state index contributed by atoms with van der Waals surface area (Å²) in [6, 6.07) is 6.83. The van der Waals surface area contributed by atoms with Crippen LogP contribution in [0.15, 0.2) is 24.3 Å². The van der Waals surface area contributed by atoms with E-state index in [4.69, 9.17) is 5.73 Å². The fourth-order valence-corrected chi connectivity index (χ4v) is 2.61. The van der Waals surface area contributed by atoms with Crippen molar-refractivity contribution in [3.8, 4) is 0 Å². The predicted octanol–water partition coefficient (Wildman–Crippen LogP) is 2.81. The summed E-state index contributed by atoms with van der Waals surface area (Å²) in [5.74, 6) is 0.586. The normalized spacial score (nSPS) is 20.4. The summed E-state index contributed by atoms with van der Waals surface area (Å²) in [6.07, 6.45) is 3.68. The molecule has 0 amide bonds. The van der Waals surface area contributed by atoms with E-state index in [9.17, 15) is 4.39 Å². The largest absolute Gasteiger partial charge is 0.330 e. The average molecular weight is 273 g/mol. The van der Waals surface area contributed by atoms with Gasteiger partial charge in [-0.1, -0.05) is 12.1 Å². The first-order valence-electron chi connectivity index (χ1n) is 6.45. The van der Waals surface area contributed by atoms with Crippen LogP contribution < -0.4 is 5.73 Å². The number of benzene rings is 1. The van der Waals surface area contributed by atoms with Crippen molar-refractivity contribution in [3.05, 3.63) is 35.6 Å². The molecule has 102 valence electrons. The maximum absolute atomic E-state index is 12.8. The predicted molar refractivity (Wildman–Crippen MR) is 75.3 cm³/mol. The second kappa shape index (κ2) is 7.72. The molecule has 1 aliphatic heterocycles. The molecule has 0 aliphatic carbocycles. The highest BCUT2D eigenvalue weighted by atomic mass is 35.5. The van der Waals surface area contributed by atoms with Crippen molar-refractivity contribution in [2.24, 2.45) is 11.7 Å². The van der Waals surface area contributed by atoms with Crippen LogP contribution in [0.1, 0.15) is 24.8 Å². The Hall–Kier alpha value is -0.640. The number of piperidine rings is 1. The van der Waals surface area contributed by atoms with Gasteiger partial charge in [-0.05, 0) is 56.0 Å². The van der Waals surface area contributed by atoms with E-state index in [0.29, 0.717) is 0 Å². The van der Waals surface area contributed by atoms with Crippen LogP contribution in [0.25, 0.3) is 0 Å². The van der Waals surface area contributed by atoms with Gasteiger partial charge in [0.25, 0.3) is 0 Å². The molecule has 4 heteroatoms. The lowest BCUT2D eigenvalue weighted by Crippen LogP contribution is -2.35. The van der Waals surface area contributed by atoms with Crippen LogP contribution in [0.3, 0.4) is 0 Å². The number of likely N-dealkylation sites (tertiary alicyclic amines) is 1. The quantitative estimate of drug-likeness (QED) is 0.913. The number of halogens is 2. The van der Waals surface area contributed by atoms with Crippen LogP contribution in [-0.2, 0) is 6.54 Å². The van der Waals surface area contributed by atoms with E-state index in [1.165, 1.54) is 30.5 Å². The molecule has 1 unspecified atom stereocenters. The summed E-state index contributed by atoms with van der Waals surface area (Å²) in [7, 11) is 0. The standard InChI is InChI=1S/C14H21FN2.ClH/c15-14-5-3-13(4-6-14)11-17-9-1-2-12(10-17)7-8-16;/h3-6,12H,1-2,7-11,16H2;1H. The van der Waals surface area contributed by atoms with Gasteiger partial charge in [0.15, 0.2) is 0 Å². The van der Waals surface area contributed by atoms with Crippen LogP contribution in [0.5, 0.6) is 0 Å². The van der Waals surface area contributed by atoms with Crippen LogP contribution in [0, 0.1) is 11.7 Å². The Morgan fingerprint density at radius 2 is 2.00 bits per heavy atom. The van der Waals surface area contributed by atoms with Crippen LogP contribution >= 0.6 is 12.4 Å². The highest BCUT2D eigenvalue weighted by molar-refractivity contribution is 5.85. The molecule has 2 rings (SSSR count). The van der Waals surface area contributed by atoms with Crippen molar-refractivity contribution in [1.29, 1.82) is 0 Å². The molecule has 2 N–H and O–H groups in total. The van der Waals surface area contributed by atoms with Crippen molar-refractivity contribution < 1.29 is 4.39 Å². The Kier molecular flexibility index (Phi) is 6.61. The van der Waals surface area contributed by atoms with Gasteiger partial charge in [0.05, 0.1) is 0 Å². The lowest BCUT2D eigenvalue weighted by Gasteiger charge is -2.32. The summed E-state index contributed by atoms with van der Waals surface area (Å²) in [5, 5.41) is 0. The van der Waals surface area contributed by atoms with E-state index < -0.39 is 0 Å². The van der Waals surface area contributed by atoms with Crippen molar-refractivity contribution in [3.63, 3.8) is 0 Å². The fourth-order valence-electron chi connectivity index (χ4n) is 2.61. The van der Waals surface area contributed by atoms with Gasteiger partial charge in [-0.25, -0.2) is 4.39 Å². The summed E-state index contributed by atoms with van der Waals surface area (Å²) in [4.78, 5) is 2.46. The van der Waals surface area contributed by atoms with Crippen molar-refractivity contribution in [2.75, 3.05) is 19.6 Å². The molecule has 1 aliphatic rings. The number of hydrogen-bond acceptors (Lipinski definition) is 2. The van der Waals surface area contributed by atoms with Gasteiger partial charge in [0.1, 0.15) is 5.82 Å². The van der Waals surface area contributed by atoms with Gasteiger partial charge in [0.2, 0.25) is 0 Å².